The summed E-state index contributed by atoms with van der Waals surface area (Å²) in [6.45, 7) is 4.74. The lowest BCUT2D eigenvalue weighted by molar-refractivity contribution is 0.712. The van der Waals surface area contributed by atoms with Crippen LogP contribution in [0, 0.1) is 6.92 Å². The topological polar surface area (TPSA) is 55.6 Å². The van der Waals surface area contributed by atoms with E-state index in [1.807, 2.05) is 38.2 Å². The molecule has 3 aromatic rings. The van der Waals surface area contributed by atoms with E-state index in [-0.39, 0.29) is 0 Å². The van der Waals surface area contributed by atoms with E-state index in [0.29, 0.717) is 6.54 Å². The SMILES string of the molecule is CCc1nc2ccccc2n1Cc1nc(C)cc(NC)n1. The fraction of sp³-hybridized carbons (Fsp3) is 0.312. The summed E-state index contributed by atoms with van der Waals surface area (Å²) in [6, 6.07) is 10.1. The molecule has 21 heavy (non-hydrogen) atoms. The third kappa shape index (κ3) is 2.59. The highest BCUT2D eigenvalue weighted by Crippen LogP contribution is 2.18. The van der Waals surface area contributed by atoms with Crippen LogP contribution in [0.3, 0.4) is 0 Å². The normalized spacial score (nSPS) is 11.0. The smallest absolute Gasteiger partial charge is 0.150 e. The number of anilines is 1. The Morgan fingerprint density at radius 3 is 2.71 bits per heavy atom. The average Bonchev–Trinajstić information content (AvgIpc) is 2.85. The predicted octanol–water partition coefficient (Wildman–Crippen LogP) is 2.79. The summed E-state index contributed by atoms with van der Waals surface area (Å²) in [7, 11) is 1.87. The van der Waals surface area contributed by atoms with E-state index in [1.54, 1.807) is 0 Å². The number of nitrogens with one attached hydrogen (secondary N) is 1. The van der Waals surface area contributed by atoms with Gasteiger partial charge in [0.05, 0.1) is 17.6 Å². The number of benzene rings is 1. The van der Waals surface area contributed by atoms with Crippen molar-refractivity contribution in [3.8, 4) is 0 Å². The third-order valence-electron chi connectivity index (χ3n) is 3.51. The first-order valence-electron chi connectivity index (χ1n) is 7.17. The van der Waals surface area contributed by atoms with Gasteiger partial charge in [-0.2, -0.15) is 0 Å². The Bertz CT molecular complexity index is 775. The van der Waals surface area contributed by atoms with E-state index in [1.165, 1.54) is 0 Å². The molecule has 0 aliphatic rings. The number of rotatable bonds is 4. The lowest BCUT2D eigenvalue weighted by Crippen LogP contribution is -2.09. The largest absolute Gasteiger partial charge is 0.373 e. The van der Waals surface area contributed by atoms with E-state index < -0.39 is 0 Å². The van der Waals surface area contributed by atoms with Gasteiger partial charge in [-0.1, -0.05) is 19.1 Å². The van der Waals surface area contributed by atoms with Crippen LogP contribution < -0.4 is 5.32 Å². The van der Waals surface area contributed by atoms with Gasteiger partial charge in [-0.3, -0.25) is 0 Å². The number of para-hydroxylation sites is 2. The van der Waals surface area contributed by atoms with Crippen molar-refractivity contribution in [1.29, 1.82) is 0 Å². The monoisotopic (exact) mass is 281 g/mol. The molecule has 3 rings (SSSR count). The van der Waals surface area contributed by atoms with E-state index in [0.717, 1.165) is 40.6 Å². The lowest BCUT2D eigenvalue weighted by atomic mass is 10.3. The van der Waals surface area contributed by atoms with Crippen LogP contribution in [0.2, 0.25) is 0 Å². The van der Waals surface area contributed by atoms with Crippen LogP contribution in [-0.4, -0.2) is 26.6 Å². The molecule has 0 spiro atoms. The zero-order valence-corrected chi connectivity index (χ0v) is 12.6. The van der Waals surface area contributed by atoms with Crippen molar-refractivity contribution in [3.05, 3.63) is 47.7 Å². The Hall–Kier alpha value is -2.43. The van der Waals surface area contributed by atoms with Crippen molar-refractivity contribution in [3.63, 3.8) is 0 Å². The molecule has 0 radical (unpaired) electrons. The molecule has 0 saturated carbocycles. The van der Waals surface area contributed by atoms with E-state index in [9.17, 15) is 0 Å². The maximum atomic E-state index is 4.68. The van der Waals surface area contributed by atoms with Gasteiger partial charge in [-0.05, 0) is 19.1 Å². The molecule has 2 aromatic heterocycles. The summed E-state index contributed by atoms with van der Waals surface area (Å²) in [4.78, 5) is 13.8. The number of aromatic nitrogens is 4. The number of hydrogen-bond donors (Lipinski definition) is 1. The van der Waals surface area contributed by atoms with Crippen LogP contribution >= 0.6 is 0 Å². The highest BCUT2D eigenvalue weighted by Gasteiger charge is 2.11. The van der Waals surface area contributed by atoms with E-state index in [4.69, 9.17) is 0 Å². The Balaban J connectivity index is 2.07. The number of imidazole rings is 1. The Labute approximate surface area is 124 Å². The summed E-state index contributed by atoms with van der Waals surface area (Å²) in [5.74, 6) is 2.71. The van der Waals surface area contributed by atoms with Gasteiger partial charge in [-0.25, -0.2) is 15.0 Å². The van der Waals surface area contributed by atoms with Crippen molar-refractivity contribution in [2.45, 2.75) is 26.8 Å². The van der Waals surface area contributed by atoms with Crippen LogP contribution in [0.1, 0.15) is 24.3 Å². The average molecular weight is 281 g/mol. The van der Waals surface area contributed by atoms with Crippen molar-refractivity contribution in [2.24, 2.45) is 0 Å². The van der Waals surface area contributed by atoms with Gasteiger partial charge in [0.2, 0.25) is 0 Å². The molecule has 0 bridgehead atoms. The number of hydrogen-bond acceptors (Lipinski definition) is 4. The second-order valence-corrected chi connectivity index (χ2v) is 5.02. The minimum absolute atomic E-state index is 0.639. The van der Waals surface area contributed by atoms with Crippen molar-refractivity contribution in [1.82, 2.24) is 19.5 Å². The standard InChI is InChI=1S/C16H19N5/c1-4-16-19-12-7-5-6-8-13(12)21(16)10-15-18-11(2)9-14(17-3)20-15/h5-9H,4,10H2,1-3H3,(H,17,18,20). The van der Waals surface area contributed by atoms with Gasteiger partial charge in [-0.15, -0.1) is 0 Å². The van der Waals surface area contributed by atoms with Gasteiger partial charge in [0, 0.05) is 25.2 Å². The molecule has 0 aliphatic carbocycles. The maximum absolute atomic E-state index is 4.68. The second-order valence-electron chi connectivity index (χ2n) is 5.02. The third-order valence-corrected chi connectivity index (χ3v) is 3.51. The lowest BCUT2D eigenvalue weighted by Gasteiger charge is -2.09. The highest BCUT2D eigenvalue weighted by atomic mass is 15.1. The first-order chi connectivity index (χ1) is 10.2. The Kier molecular flexibility index (Phi) is 3.56. The molecule has 1 aromatic carbocycles. The van der Waals surface area contributed by atoms with Crippen LogP contribution in [0.5, 0.6) is 0 Å². The molecule has 0 unspecified atom stereocenters. The van der Waals surface area contributed by atoms with Gasteiger partial charge >= 0.3 is 0 Å². The van der Waals surface area contributed by atoms with Crippen LogP contribution in [-0.2, 0) is 13.0 Å². The van der Waals surface area contributed by atoms with E-state index in [2.05, 4.69) is 37.8 Å². The van der Waals surface area contributed by atoms with Gasteiger partial charge in [0.1, 0.15) is 11.6 Å². The molecule has 0 saturated heterocycles. The molecule has 2 heterocycles. The van der Waals surface area contributed by atoms with Gasteiger partial charge in [0.15, 0.2) is 5.82 Å². The van der Waals surface area contributed by atoms with Crippen molar-refractivity contribution >= 4 is 16.9 Å². The summed E-state index contributed by atoms with van der Waals surface area (Å²) >= 11 is 0. The number of nitrogens with zero attached hydrogens (tertiary/aromatic N) is 4. The van der Waals surface area contributed by atoms with E-state index >= 15 is 0 Å². The molecule has 0 atom stereocenters. The maximum Gasteiger partial charge on any atom is 0.150 e. The van der Waals surface area contributed by atoms with Crippen LogP contribution in [0.4, 0.5) is 5.82 Å². The number of aryl methyl sites for hydroxylation is 2. The summed E-state index contributed by atoms with van der Waals surface area (Å²) in [5, 5.41) is 3.08. The molecular formula is C16H19N5. The molecule has 1 N–H and O–H groups in total. The highest BCUT2D eigenvalue weighted by molar-refractivity contribution is 5.76. The van der Waals surface area contributed by atoms with Crippen molar-refractivity contribution < 1.29 is 0 Å². The first-order valence-corrected chi connectivity index (χ1v) is 7.17. The zero-order chi connectivity index (χ0) is 14.8. The van der Waals surface area contributed by atoms with Crippen molar-refractivity contribution in [2.75, 3.05) is 12.4 Å². The van der Waals surface area contributed by atoms with Crippen LogP contribution in [0.25, 0.3) is 11.0 Å². The van der Waals surface area contributed by atoms with Gasteiger partial charge in [0.25, 0.3) is 0 Å². The molecule has 0 aliphatic heterocycles. The Morgan fingerprint density at radius 1 is 1.14 bits per heavy atom. The van der Waals surface area contributed by atoms with Gasteiger partial charge < -0.3 is 9.88 Å². The summed E-state index contributed by atoms with van der Waals surface area (Å²) in [6.07, 6.45) is 0.888. The Morgan fingerprint density at radius 2 is 1.95 bits per heavy atom. The summed E-state index contributed by atoms with van der Waals surface area (Å²) in [5.41, 5.74) is 3.12. The minimum atomic E-state index is 0.639. The predicted molar refractivity (Wildman–Crippen MR) is 84.5 cm³/mol. The fourth-order valence-electron chi connectivity index (χ4n) is 2.54. The van der Waals surface area contributed by atoms with Crippen LogP contribution in [0.15, 0.2) is 30.3 Å². The second kappa shape index (κ2) is 5.52. The minimum Gasteiger partial charge on any atom is -0.373 e. The zero-order valence-electron chi connectivity index (χ0n) is 12.6. The molecule has 0 amide bonds. The molecular weight excluding hydrogens is 262 g/mol. The summed E-state index contributed by atoms with van der Waals surface area (Å²) < 4.78 is 2.20. The molecule has 108 valence electrons. The fourth-order valence-corrected chi connectivity index (χ4v) is 2.54. The molecule has 0 fully saturated rings. The first kappa shape index (κ1) is 13.5. The molecule has 5 nitrogen and oxygen atoms in total. The molecule has 5 heteroatoms. The quantitative estimate of drug-likeness (QED) is 0.799. The number of fused-ring (bicyclic) bond motifs is 1.